The lowest BCUT2D eigenvalue weighted by molar-refractivity contribution is -0.122. The molecule has 1 aliphatic heterocycles. The smallest absolute Gasteiger partial charge is 0.228 e. The zero-order valence-corrected chi connectivity index (χ0v) is 18.1. The van der Waals surface area contributed by atoms with Gasteiger partial charge in [-0.1, -0.05) is 13.8 Å². The SMILES string of the molecule is CC(C)C(=O)NC(=S)Nc1ccc(N2CCN(c3c(F)c(F)c(F)c(F)c3F)CC2)cc1. The largest absolute Gasteiger partial charge is 0.368 e. The highest BCUT2D eigenvalue weighted by Gasteiger charge is 2.30. The molecule has 1 aliphatic rings. The van der Waals surface area contributed by atoms with Gasteiger partial charge >= 0.3 is 0 Å². The molecule has 0 aliphatic carbocycles. The highest BCUT2D eigenvalue weighted by molar-refractivity contribution is 7.80. The normalized spacial score (nSPS) is 14.0. The van der Waals surface area contributed by atoms with Crippen LogP contribution in [-0.4, -0.2) is 37.2 Å². The maximum Gasteiger partial charge on any atom is 0.228 e. The van der Waals surface area contributed by atoms with Gasteiger partial charge in [0.15, 0.2) is 28.4 Å². The van der Waals surface area contributed by atoms with E-state index in [1.165, 1.54) is 0 Å². The minimum atomic E-state index is -2.17. The van der Waals surface area contributed by atoms with Crippen molar-refractivity contribution in [1.29, 1.82) is 0 Å². The number of halogens is 5. The lowest BCUT2D eigenvalue weighted by atomic mass is 10.2. The van der Waals surface area contributed by atoms with Gasteiger partial charge in [-0.15, -0.1) is 0 Å². The van der Waals surface area contributed by atoms with Gasteiger partial charge in [-0.3, -0.25) is 4.79 Å². The summed E-state index contributed by atoms with van der Waals surface area (Å²) >= 11 is 5.10. The molecule has 0 saturated carbocycles. The summed E-state index contributed by atoms with van der Waals surface area (Å²) in [6.45, 7) is 4.27. The van der Waals surface area contributed by atoms with Gasteiger partial charge in [-0.25, -0.2) is 22.0 Å². The van der Waals surface area contributed by atoms with E-state index in [1.807, 2.05) is 4.90 Å². The molecule has 32 heavy (non-hydrogen) atoms. The Bertz CT molecular complexity index is 995. The Morgan fingerprint density at radius 3 is 1.81 bits per heavy atom. The first-order valence-corrected chi connectivity index (χ1v) is 10.2. The summed E-state index contributed by atoms with van der Waals surface area (Å²) in [6.07, 6.45) is 0. The van der Waals surface area contributed by atoms with Gasteiger partial charge in [0.1, 0.15) is 5.69 Å². The minimum absolute atomic E-state index is 0.0731. The van der Waals surface area contributed by atoms with Crippen LogP contribution >= 0.6 is 12.2 Å². The Kier molecular flexibility index (Phi) is 7.17. The Labute approximate surface area is 187 Å². The molecule has 2 aromatic rings. The number of hydrogen-bond donors (Lipinski definition) is 2. The molecule has 0 atom stereocenters. The van der Waals surface area contributed by atoms with Crippen LogP contribution in [-0.2, 0) is 4.79 Å². The van der Waals surface area contributed by atoms with Gasteiger partial charge in [0.05, 0.1) is 0 Å². The molecular weight excluding hydrogens is 451 g/mol. The predicted molar refractivity (Wildman–Crippen MR) is 116 cm³/mol. The maximum absolute atomic E-state index is 14.1. The van der Waals surface area contributed by atoms with Crippen molar-refractivity contribution in [3.05, 3.63) is 53.4 Å². The molecule has 0 radical (unpaired) electrons. The van der Waals surface area contributed by atoms with Crippen molar-refractivity contribution in [2.24, 2.45) is 5.92 Å². The minimum Gasteiger partial charge on any atom is -0.368 e. The second kappa shape index (κ2) is 9.68. The van der Waals surface area contributed by atoms with Gasteiger partial charge in [0.25, 0.3) is 0 Å². The van der Waals surface area contributed by atoms with E-state index in [2.05, 4.69) is 10.6 Å². The van der Waals surface area contributed by atoms with Crippen LogP contribution in [0.5, 0.6) is 0 Å². The highest BCUT2D eigenvalue weighted by atomic mass is 32.1. The van der Waals surface area contributed by atoms with E-state index < -0.39 is 34.8 Å². The van der Waals surface area contributed by atoms with Crippen molar-refractivity contribution in [2.45, 2.75) is 13.8 Å². The van der Waals surface area contributed by atoms with Crippen LogP contribution in [0.2, 0.25) is 0 Å². The van der Waals surface area contributed by atoms with E-state index in [-0.39, 0.29) is 30.0 Å². The van der Waals surface area contributed by atoms with Crippen LogP contribution in [0.1, 0.15) is 13.8 Å². The average molecular weight is 472 g/mol. The van der Waals surface area contributed by atoms with Gasteiger partial charge in [-0.05, 0) is 36.5 Å². The number of carbonyl (C=O) groups excluding carboxylic acids is 1. The third kappa shape index (κ3) is 4.93. The second-order valence-corrected chi connectivity index (χ2v) is 7.95. The third-order valence-corrected chi connectivity index (χ3v) is 5.24. The quantitative estimate of drug-likeness (QED) is 0.303. The molecule has 0 unspecified atom stereocenters. The van der Waals surface area contributed by atoms with E-state index >= 15 is 0 Å². The van der Waals surface area contributed by atoms with Crippen molar-refractivity contribution in [3.63, 3.8) is 0 Å². The number of amides is 1. The van der Waals surface area contributed by atoms with E-state index in [4.69, 9.17) is 12.2 Å². The molecule has 1 heterocycles. The molecule has 1 amide bonds. The number of hydrogen-bond acceptors (Lipinski definition) is 4. The van der Waals surface area contributed by atoms with Gasteiger partial charge in [-0.2, -0.15) is 0 Å². The summed E-state index contributed by atoms with van der Waals surface area (Å²) in [5.41, 5.74) is 0.560. The standard InChI is InChI=1S/C21H21F5N4OS/c1-11(2)20(31)28-21(32)27-12-3-5-13(6-4-12)29-7-9-30(10-8-29)19-17(25)15(23)14(22)16(24)18(19)26/h3-6,11H,7-10H2,1-2H3,(H2,27,28,31,32). The first-order chi connectivity index (χ1) is 15.1. The van der Waals surface area contributed by atoms with Crippen LogP contribution in [0.25, 0.3) is 0 Å². The number of nitrogens with zero attached hydrogens (tertiary/aromatic N) is 2. The fourth-order valence-corrected chi connectivity index (χ4v) is 3.45. The van der Waals surface area contributed by atoms with E-state index in [0.29, 0.717) is 18.8 Å². The Morgan fingerprint density at radius 2 is 1.31 bits per heavy atom. The molecule has 1 saturated heterocycles. The highest BCUT2D eigenvalue weighted by Crippen LogP contribution is 2.31. The number of nitrogens with one attached hydrogen (secondary N) is 2. The maximum atomic E-state index is 14.1. The van der Waals surface area contributed by atoms with Crippen LogP contribution < -0.4 is 20.4 Å². The van der Waals surface area contributed by atoms with Crippen LogP contribution in [0.15, 0.2) is 24.3 Å². The summed E-state index contributed by atoms with van der Waals surface area (Å²) in [4.78, 5) is 14.7. The third-order valence-electron chi connectivity index (χ3n) is 5.03. The molecule has 172 valence electrons. The zero-order valence-electron chi connectivity index (χ0n) is 17.3. The van der Waals surface area contributed by atoms with E-state index in [0.717, 1.165) is 10.6 Å². The first kappa shape index (κ1) is 23.7. The Balaban J connectivity index is 1.63. The summed E-state index contributed by atoms with van der Waals surface area (Å²) < 4.78 is 68.4. The summed E-state index contributed by atoms with van der Waals surface area (Å²) in [5.74, 6) is -10.1. The van der Waals surface area contributed by atoms with Crippen molar-refractivity contribution in [2.75, 3.05) is 41.3 Å². The van der Waals surface area contributed by atoms with Crippen LogP contribution in [0.3, 0.4) is 0 Å². The van der Waals surface area contributed by atoms with Gasteiger partial charge < -0.3 is 20.4 Å². The van der Waals surface area contributed by atoms with Crippen molar-refractivity contribution >= 4 is 40.3 Å². The lowest BCUT2D eigenvalue weighted by Crippen LogP contribution is -2.47. The number of rotatable bonds is 4. The predicted octanol–water partition coefficient (Wildman–Crippen LogP) is 4.18. The molecule has 2 aromatic carbocycles. The Hall–Kier alpha value is -2.95. The first-order valence-electron chi connectivity index (χ1n) is 9.83. The number of thiocarbonyl (C=S) groups is 1. The zero-order chi connectivity index (χ0) is 23.6. The number of carbonyl (C=O) groups is 1. The summed E-state index contributed by atoms with van der Waals surface area (Å²) in [7, 11) is 0. The van der Waals surface area contributed by atoms with E-state index in [1.54, 1.807) is 38.1 Å². The van der Waals surface area contributed by atoms with Crippen molar-refractivity contribution in [3.8, 4) is 0 Å². The number of piperazine rings is 1. The fourth-order valence-electron chi connectivity index (χ4n) is 3.23. The Morgan fingerprint density at radius 1 is 0.844 bits per heavy atom. The van der Waals surface area contributed by atoms with E-state index in [9.17, 15) is 26.7 Å². The average Bonchev–Trinajstić information content (AvgIpc) is 2.77. The molecule has 0 bridgehead atoms. The molecule has 0 spiro atoms. The van der Waals surface area contributed by atoms with Crippen LogP contribution in [0, 0.1) is 35.0 Å². The lowest BCUT2D eigenvalue weighted by Gasteiger charge is -2.37. The summed E-state index contributed by atoms with van der Waals surface area (Å²) in [6, 6.07) is 7.09. The summed E-state index contributed by atoms with van der Waals surface area (Å²) in [5, 5.41) is 5.65. The topological polar surface area (TPSA) is 47.6 Å². The molecule has 11 heteroatoms. The van der Waals surface area contributed by atoms with Gasteiger partial charge in [0, 0.05) is 43.5 Å². The number of anilines is 3. The van der Waals surface area contributed by atoms with Crippen molar-refractivity contribution in [1.82, 2.24) is 5.32 Å². The second-order valence-electron chi connectivity index (χ2n) is 7.54. The molecule has 1 fully saturated rings. The van der Waals surface area contributed by atoms with Crippen molar-refractivity contribution < 1.29 is 26.7 Å². The molecule has 3 rings (SSSR count). The monoisotopic (exact) mass is 472 g/mol. The van der Waals surface area contributed by atoms with Gasteiger partial charge in [0.2, 0.25) is 11.7 Å². The fraction of sp³-hybridized carbons (Fsp3) is 0.333. The molecular formula is C21H21F5N4OS. The molecule has 5 nitrogen and oxygen atoms in total. The molecule has 2 N–H and O–H groups in total. The van der Waals surface area contributed by atoms with Crippen LogP contribution in [0.4, 0.5) is 39.0 Å². The number of benzene rings is 2. The molecule has 0 aromatic heterocycles.